The van der Waals surface area contributed by atoms with E-state index < -0.39 is 29.7 Å². The van der Waals surface area contributed by atoms with Crippen LogP contribution in [0.5, 0.6) is 0 Å². The van der Waals surface area contributed by atoms with Crippen molar-refractivity contribution in [1.82, 2.24) is 25.8 Å². The van der Waals surface area contributed by atoms with Gasteiger partial charge in [-0.3, -0.25) is 39.2 Å². The Labute approximate surface area is 247 Å². The van der Waals surface area contributed by atoms with Crippen molar-refractivity contribution in [1.29, 1.82) is 0 Å². The van der Waals surface area contributed by atoms with Gasteiger partial charge in [-0.2, -0.15) is 0 Å². The first kappa shape index (κ1) is 27.9. The van der Waals surface area contributed by atoms with Crippen molar-refractivity contribution in [3.63, 3.8) is 0 Å². The molecule has 1 saturated heterocycles. The lowest BCUT2D eigenvalue weighted by Gasteiger charge is -2.27. The highest BCUT2D eigenvalue weighted by Crippen LogP contribution is 2.28. The molecule has 0 spiro atoms. The van der Waals surface area contributed by atoms with Crippen LogP contribution in [0, 0.1) is 0 Å². The third-order valence-corrected chi connectivity index (χ3v) is 7.74. The number of carbonyl (C=O) groups excluding carboxylic acids is 5. The summed E-state index contributed by atoms with van der Waals surface area (Å²) >= 11 is 0. The number of benzene rings is 3. The van der Waals surface area contributed by atoms with Crippen LogP contribution in [0.1, 0.15) is 55.8 Å². The average molecular weight is 576 g/mol. The molecule has 1 fully saturated rings. The largest absolute Gasteiger partial charge is 0.352 e. The molecule has 10 nitrogen and oxygen atoms in total. The Morgan fingerprint density at radius 3 is 2.33 bits per heavy atom. The van der Waals surface area contributed by atoms with Gasteiger partial charge < -0.3 is 10.6 Å². The van der Waals surface area contributed by atoms with Crippen LogP contribution in [-0.4, -0.2) is 45.5 Å². The fourth-order valence-electron chi connectivity index (χ4n) is 5.50. The second kappa shape index (κ2) is 11.9. The molecule has 6 rings (SSSR count). The molecule has 3 heterocycles. The third-order valence-electron chi connectivity index (χ3n) is 7.74. The maximum Gasteiger partial charge on any atom is 0.262 e. The Morgan fingerprint density at radius 2 is 1.53 bits per heavy atom. The molecule has 10 heteroatoms. The van der Waals surface area contributed by atoms with Crippen LogP contribution in [0.15, 0.2) is 79.0 Å². The van der Waals surface area contributed by atoms with Crippen molar-refractivity contribution in [3.05, 3.63) is 112 Å². The van der Waals surface area contributed by atoms with Crippen molar-refractivity contribution in [3.8, 4) is 0 Å². The van der Waals surface area contributed by atoms with E-state index in [9.17, 15) is 24.0 Å². The summed E-state index contributed by atoms with van der Waals surface area (Å²) in [6.07, 6.45) is 2.19. The molecule has 43 heavy (non-hydrogen) atoms. The number of hydrogen-bond acceptors (Lipinski definition) is 7. The first-order valence-corrected chi connectivity index (χ1v) is 14.1. The number of carbonyl (C=O) groups is 5. The molecule has 0 aliphatic carbocycles. The van der Waals surface area contributed by atoms with Gasteiger partial charge in [-0.1, -0.05) is 54.6 Å². The summed E-state index contributed by atoms with van der Waals surface area (Å²) < 4.78 is 0. The lowest BCUT2D eigenvalue weighted by molar-refractivity contribution is -0.136. The summed E-state index contributed by atoms with van der Waals surface area (Å²) in [5.41, 5.74) is 5.11. The highest BCUT2D eigenvalue weighted by atomic mass is 16.2. The topological polar surface area (TPSA) is 138 Å². The van der Waals surface area contributed by atoms with E-state index in [-0.39, 0.29) is 36.3 Å². The van der Waals surface area contributed by atoms with Gasteiger partial charge in [0.2, 0.25) is 17.7 Å². The molecule has 2 aliphatic rings. The van der Waals surface area contributed by atoms with E-state index in [0.29, 0.717) is 19.6 Å². The normalized spacial score (nSPS) is 16.4. The molecule has 1 aromatic heterocycles. The maximum absolute atomic E-state index is 13.0. The number of para-hydroxylation sites is 1. The molecule has 2 aliphatic heterocycles. The second-order valence-corrected chi connectivity index (χ2v) is 10.7. The monoisotopic (exact) mass is 575 g/mol. The summed E-state index contributed by atoms with van der Waals surface area (Å²) in [4.78, 5) is 67.6. The van der Waals surface area contributed by atoms with Crippen molar-refractivity contribution >= 4 is 40.4 Å². The first-order valence-electron chi connectivity index (χ1n) is 14.1. The molecule has 1 unspecified atom stereocenters. The molecule has 0 saturated carbocycles. The van der Waals surface area contributed by atoms with E-state index in [1.807, 2.05) is 54.6 Å². The zero-order valence-corrected chi connectivity index (χ0v) is 23.3. The highest BCUT2D eigenvalue weighted by molar-refractivity contribution is 6.23. The van der Waals surface area contributed by atoms with Gasteiger partial charge in [-0.15, -0.1) is 0 Å². The minimum absolute atomic E-state index is 0.0707. The Bertz CT molecular complexity index is 1760. The van der Waals surface area contributed by atoms with Crippen molar-refractivity contribution in [2.45, 2.75) is 44.9 Å². The Hall–Kier alpha value is -5.22. The number of piperidine rings is 1. The number of amides is 5. The van der Waals surface area contributed by atoms with Crippen LogP contribution in [0.2, 0.25) is 0 Å². The molecule has 3 aromatic carbocycles. The van der Waals surface area contributed by atoms with E-state index in [1.165, 1.54) is 0 Å². The van der Waals surface area contributed by atoms with E-state index in [1.54, 1.807) is 24.4 Å². The van der Waals surface area contributed by atoms with Crippen molar-refractivity contribution in [2.75, 3.05) is 0 Å². The number of pyridine rings is 1. The Kier molecular flexibility index (Phi) is 7.76. The predicted molar refractivity (Wildman–Crippen MR) is 157 cm³/mol. The summed E-state index contributed by atoms with van der Waals surface area (Å²) in [5, 5.41) is 9.53. The predicted octanol–water partition coefficient (Wildman–Crippen LogP) is 2.78. The van der Waals surface area contributed by atoms with E-state index >= 15 is 0 Å². The van der Waals surface area contributed by atoms with Gasteiger partial charge in [0.1, 0.15) is 6.04 Å². The quantitative estimate of drug-likeness (QED) is 0.261. The highest BCUT2D eigenvalue weighted by Gasteiger charge is 2.44. The van der Waals surface area contributed by atoms with Crippen LogP contribution in [-0.2, 0) is 40.4 Å². The van der Waals surface area contributed by atoms with Gasteiger partial charge >= 0.3 is 0 Å². The molecule has 0 bridgehead atoms. The SMILES string of the molecule is O=C(Cc1cccc2cccnc12)NCc1ccc(CNCc2ccc3c(c2)C(=O)N(C2CCC(=O)NC2=O)C3=O)cc1. The van der Waals surface area contributed by atoms with Crippen LogP contribution in [0.4, 0.5) is 0 Å². The van der Waals surface area contributed by atoms with Gasteiger partial charge in [0, 0.05) is 37.6 Å². The van der Waals surface area contributed by atoms with Gasteiger partial charge in [0.25, 0.3) is 11.8 Å². The van der Waals surface area contributed by atoms with E-state index in [0.717, 1.165) is 38.1 Å². The minimum Gasteiger partial charge on any atom is -0.352 e. The smallest absolute Gasteiger partial charge is 0.262 e. The van der Waals surface area contributed by atoms with Gasteiger partial charge in [-0.05, 0) is 46.9 Å². The minimum atomic E-state index is -0.982. The van der Waals surface area contributed by atoms with Gasteiger partial charge in [0.05, 0.1) is 23.1 Å². The van der Waals surface area contributed by atoms with Gasteiger partial charge in [-0.25, -0.2) is 0 Å². The Balaban J connectivity index is 0.993. The molecular weight excluding hydrogens is 546 g/mol. The number of imide groups is 2. The molecular formula is C33H29N5O5. The number of nitrogens with zero attached hydrogens (tertiary/aromatic N) is 2. The molecule has 216 valence electrons. The summed E-state index contributed by atoms with van der Waals surface area (Å²) in [6, 6.07) is 21.7. The second-order valence-electron chi connectivity index (χ2n) is 10.7. The number of aromatic nitrogens is 1. The van der Waals surface area contributed by atoms with Crippen molar-refractivity contribution < 1.29 is 24.0 Å². The number of fused-ring (bicyclic) bond motifs is 2. The van der Waals surface area contributed by atoms with E-state index in [2.05, 4.69) is 20.9 Å². The zero-order valence-electron chi connectivity index (χ0n) is 23.3. The summed E-state index contributed by atoms with van der Waals surface area (Å²) in [6.45, 7) is 1.46. The average Bonchev–Trinajstić information content (AvgIpc) is 3.25. The standard InChI is InChI=1S/C33H29N5O5/c39-28-13-12-27(31(41)37-28)38-32(42)25-11-10-22(15-26(25)33(38)43)18-34-17-20-6-8-21(9-7-20)19-36-29(40)16-24-4-1-3-23-5-2-14-35-30(23)24/h1-11,14-15,27,34H,12-13,16-19H2,(H,36,40)(H,37,39,41). The van der Waals surface area contributed by atoms with Crippen molar-refractivity contribution in [2.24, 2.45) is 0 Å². The molecule has 0 radical (unpaired) electrons. The summed E-state index contributed by atoms with van der Waals surface area (Å²) in [7, 11) is 0. The fourth-order valence-corrected chi connectivity index (χ4v) is 5.50. The van der Waals surface area contributed by atoms with Crippen LogP contribution in [0.3, 0.4) is 0 Å². The Morgan fingerprint density at radius 1 is 0.837 bits per heavy atom. The molecule has 5 amide bonds. The lowest BCUT2D eigenvalue weighted by atomic mass is 10.0. The number of hydrogen-bond donors (Lipinski definition) is 3. The van der Waals surface area contributed by atoms with Crippen LogP contribution in [0.25, 0.3) is 10.9 Å². The number of rotatable bonds is 9. The molecule has 4 aromatic rings. The van der Waals surface area contributed by atoms with Gasteiger partial charge in [0.15, 0.2) is 0 Å². The number of nitrogens with one attached hydrogen (secondary N) is 3. The van der Waals surface area contributed by atoms with Crippen LogP contribution < -0.4 is 16.0 Å². The zero-order chi connectivity index (χ0) is 29.9. The third kappa shape index (κ3) is 5.91. The van der Waals surface area contributed by atoms with Crippen LogP contribution >= 0.6 is 0 Å². The fraction of sp³-hybridized carbons (Fsp3) is 0.212. The molecule has 3 N–H and O–H groups in total. The molecule has 1 atom stereocenters. The van der Waals surface area contributed by atoms with E-state index in [4.69, 9.17) is 0 Å². The summed E-state index contributed by atoms with van der Waals surface area (Å²) in [5.74, 6) is -2.14. The lowest BCUT2D eigenvalue weighted by Crippen LogP contribution is -2.54. The first-order chi connectivity index (χ1) is 20.9. The maximum atomic E-state index is 13.0.